The highest BCUT2D eigenvalue weighted by atomic mass is 32.2. The maximum atomic E-state index is 13.3. The van der Waals surface area contributed by atoms with Gasteiger partial charge in [-0.2, -0.15) is 8.42 Å². The number of carbonyl (C=O) groups excluding carboxylic acids is 1. The molecule has 162 valence electrons. The van der Waals surface area contributed by atoms with Crippen molar-refractivity contribution in [3.63, 3.8) is 0 Å². The lowest BCUT2D eigenvalue weighted by atomic mass is 10.0. The zero-order valence-corrected chi connectivity index (χ0v) is 18.1. The van der Waals surface area contributed by atoms with E-state index in [2.05, 4.69) is 4.40 Å². The molecule has 0 aromatic heterocycles. The van der Waals surface area contributed by atoms with Gasteiger partial charge in [-0.3, -0.25) is 4.79 Å². The largest absolute Gasteiger partial charge is 0.354 e. The van der Waals surface area contributed by atoms with E-state index in [9.17, 15) is 17.6 Å². The van der Waals surface area contributed by atoms with Gasteiger partial charge in [-0.25, -0.2) is 4.39 Å². The van der Waals surface area contributed by atoms with E-state index in [0.717, 1.165) is 19.3 Å². The number of rotatable bonds is 3. The summed E-state index contributed by atoms with van der Waals surface area (Å²) in [5.41, 5.74) is 1.02. The van der Waals surface area contributed by atoms with E-state index in [-0.39, 0.29) is 10.8 Å². The zero-order valence-electron chi connectivity index (χ0n) is 17.3. The highest BCUT2D eigenvalue weighted by molar-refractivity contribution is 8.00. The van der Waals surface area contributed by atoms with E-state index in [1.165, 1.54) is 37.1 Å². The Hall–Kier alpha value is -2.22. The van der Waals surface area contributed by atoms with E-state index < -0.39 is 15.8 Å². The van der Waals surface area contributed by atoms with Crippen molar-refractivity contribution in [3.05, 3.63) is 41.2 Å². The Labute approximate surface area is 177 Å². The fraction of sp³-hybridized carbons (Fsp3) is 0.545. The summed E-state index contributed by atoms with van der Waals surface area (Å²) in [6, 6.07) is 5.44. The molecule has 0 N–H and O–H groups in total. The summed E-state index contributed by atoms with van der Waals surface area (Å²) in [5.74, 6) is 0.761. The van der Waals surface area contributed by atoms with Crippen molar-refractivity contribution < 1.29 is 17.6 Å². The summed E-state index contributed by atoms with van der Waals surface area (Å²) in [6.45, 7) is 4.21. The van der Waals surface area contributed by atoms with Crippen LogP contribution < -0.4 is 0 Å². The highest BCUT2D eigenvalue weighted by Gasteiger charge is 2.34. The molecule has 1 saturated heterocycles. The van der Waals surface area contributed by atoms with Crippen LogP contribution in [0.4, 0.5) is 4.39 Å². The Morgan fingerprint density at radius 1 is 1.07 bits per heavy atom. The second-order valence-corrected chi connectivity index (χ2v) is 9.97. The number of carbonyl (C=O) groups is 1. The molecule has 30 heavy (non-hydrogen) atoms. The third kappa shape index (κ3) is 4.29. The predicted molar refractivity (Wildman–Crippen MR) is 115 cm³/mol. The van der Waals surface area contributed by atoms with Gasteiger partial charge in [0.15, 0.2) is 0 Å². The number of halogens is 1. The van der Waals surface area contributed by atoms with Crippen LogP contribution in [0.2, 0.25) is 0 Å². The molecule has 6 nitrogen and oxygen atoms in total. The molecule has 0 unspecified atom stereocenters. The SMILES string of the molecule is CC1=C(c2ccc(F)cc2)S(=O)(=O)N=C1N1CCCN(C(=O)CC2CCCC2)CC1. The minimum absolute atomic E-state index is 0.135. The summed E-state index contributed by atoms with van der Waals surface area (Å²) in [6.07, 6.45) is 6.15. The highest BCUT2D eigenvalue weighted by Crippen LogP contribution is 2.34. The molecule has 2 fully saturated rings. The zero-order chi connectivity index (χ0) is 21.3. The Balaban J connectivity index is 1.48. The number of benzene rings is 1. The van der Waals surface area contributed by atoms with Gasteiger partial charge in [0.05, 0.1) is 0 Å². The lowest BCUT2D eigenvalue weighted by Gasteiger charge is -2.24. The molecule has 2 heterocycles. The van der Waals surface area contributed by atoms with Crippen molar-refractivity contribution in [1.29, 1.82) is 0 Å². The Morgan fingerprint density at radius 3 is 2.47 bits per heavy atom. The van der Waals surface area contributed by atoms with Gasteiger partial charge in [0.2, 0.25) is 5.91 Å². The van der Waals surface area contributed by atoms with Crippen LogP contribution in [0, 0.1) is 11.7 Å². The number of sulfonamides is 1. The fourth-order valence-electron chi connectivity index (χ4n) is 4.75. The summed E-state index contributed by atoms with van der Waals surface area (Å²) in [4.78, 5) is 16.7. The standard InChI is InChI=1S/C22H28FN3O3S/c1-16-21(18-7-9-19(23)10-8-18)30(28,29)24-22(16)26-12-4-11-25(13-14-26)20(27)15-17-5-2-3-6-17/h7-10,17H,2-6,11-15H2,1H3. The van der Waals surface area contributed by atoms with Crippen LogP contribution in [0.25, 0.3) is 4.91 Å². The van der Waals surface area contributed by atoms with E-state index >= 15 is 0 Å². The Morgan fingerprint density at radius 2 is 1.77 bits per heavy atom. The molecule has 1 aromatic rings. The smallest absolute Gasteiger partial charge is 0.285 e. The van der Waals surface area contributed by atoms with Crippen molar-refractivity contribution >= 4 is 26.7 Å². The number of nitrogens with zero attached hydrogens (tertiary/aromatic N) is 3. The first-order valence-corrected chi connectivity index (χ1v) is 12.1. The molecule has 3 aliphatic rings. The van der Waals surface area contributed by atoms with Crippen LogP contribution in [-0.4, -0.2) is 56.1 Å². The quantitative estimate of drug-likeness (QED) is 0.733. The predicted octanol–water partition coefficient (Wildman–Crippen LogP) is 3.41. The number of hydrogen-bond acceptors (Lipinski definition) is 4. The van der Waals surface area contributed by atoms with Crippen LogP contribution in [0.15, 0.2) is 34.2 Å². The summed E-state index contributed by atoms with van der Waals surface area (Å²) in [5, 5.41) is 0. The summed E-state index contributed by atoms with van der Waals surface area (Å²) in [7, 11) is -3.84. The summed E-state index contributed by atoms with van der Waals surface area (Å²) < 4.78 is 42.8. The van der Waals surface area contributed by atoms with Crippen LogP contribution >= 0.6 is 0 Å². The van der Waals surface area contributed by atoms with Gasteiger partial charge >= 0.3 is 0 Å². The van der Waals surface area contributed by atoms with E-state index in [1.807, 2.05) is 9.80 Å². The fourth-order valence-corrected chi connectivity index (χ4v) is 6.24. The van der Waals surface area contributed by atoms with Crippen molar-refractivity contribution in [2.75, 3.05) is 26.2 Å². The van der Waals surface area contributed by atoms with Crippen LogP contribution in [0.1, 0.15) is 51.0 Å². The van der Waals surface area contributed by atoms with Crippen LogP contribution in [-0.2, 0) is 14.8 Å². The molecule has 0 atom stereocenters. The monoisotopic (exact) mass is 433 g/mol. The number of amides is 1. The average Bonchev–Trinajstić information content (AvgIpc) is 3.19. The third-order valence-corrected chi connectivity index (χ3v) is 7.80. The van der Waals surface area contributed by atoms with Crippen LogP contribution in [0.5, 0.6) is 0 Å². The maximum Gasteiger partial charge on any atom is 0.285 e. The molecule has 4 rings (SSSR count). The first kappa shape index (κ1) is 21.0. The maximum absolute atomic E-state index is 13.3. The molecule has 1 amide bonds. The number of amidine groups is 1. The van der Waals surface area contributed by atoms with Crippen molar-refractivity contribution in [2.24, 2.45) is 10.3 Å². The van der Waals surface area contributed by atoms with Gasteiger partial charge in [-0.05, 0) is 49.8 Å². The first-order valence-electron chi connectivity index (χ1n) is 10.7. The molecule has 0 radical (unpaired) electrons. The Bertz CT molecular complexity index is 979. The second kappa shape index (κ2) is 8.49. The lowest BCUT2D eigenvalue weighted by molar-refractivity contribution is -0.132. The molecular weight excluding hydrogens is 405 g/mol. The van der Waals surface area contributed by atoms with Crippen molar-refractivity contribution in [1.82, 2.24) is 9.80 Å². The normalized spacial score (nSPS) is 22.4. The Kier molecular flexibility index (Phi) is 5.95. The molecule has 8 heteroatoms. The van der Waals surface area contributed by atoms with Gasteiger partial charge in [-0.15, -0.1) is 4.40 Å². The topological polar surface area (TPSA) is 70.1 Å². The molecule has 2 aliphatic heterocycles. The minimum atomic E-state index is -3.84. The van der Waals surface area contributed by atoms with Crippen molar-refractivity contribution in [3.8, 4) is 0 Å². The van der Waals surface area contributed by atoms with Gasteiger partial charge in [0.1, 0.15) is 16.6 Å². The molecule has 1 aromatic carbocycles. The van der Waals surface area contributed by atoms with Gasteiger partial charge in [0, 0.05) is 38.2 Å². The van der Waals surface area contributed by atoms with Gasteiger partial charge in [-0.1, -0.05) is 25.0 Å². The number of hydrogen-bond donors (Lipinski definition) is 0. The van der Waals surface area contributed by atoms with Crippen LogP contribution in [0.3, 0.4) is 0 Å². The second-order valence-electron chi connectivity index (χ2n) is 8.43. The third-order valence-electron chi connectivity index (χ3n) is 6.33. The molecule has 0 bridgehead atoms. The average molecular weight is 434 g/mol. The van der Waals surface area contributed by atoms with E-state index in [4.69, 9.17) is 0 Å². The lowest BCUT2D eigenvalue weighted by Crippen LogP contribution is -2.37. The first-order chi connectivity index (χ1) is 14.3. The summed E-state index contributed by atoms with van der Waals surface area (Å²) >= 11 is 0. The van der Waals surface area contributed by atoms with E-state index in [1.54, 1.807) is 6.92 Å². The molecule has 0 spiro atoms. The van der Waals surface area contributed by atoms with Gasteiger partial charge < -0.3 is 9.80 Å². The minimum Gasteiger partial charge on any atom is -0.354 e. The molecule has 1 saturated carbocycles. The van der Waals surface area contributed by atoms with Crippen molar-refractivity contribution in [2.45, 2.75) is 45.4 Å². The van der Waals surface area contributed by atoms with Gasteiger partial charge in [0.25, 0.3) is 10.0 Å². The van der Waals surface area contributed by atoms with E-state index in [0.29, 0.717) is 55.5 Å². The molecular formula is C22H28FN3O3S. The molecule has 1 aliphatic carbocycles.